The maximum atomic E-state index is 12.0. The Balaban J connectivity index is 2.24. The second-order valence-electron chi connectivity index (χ2n) is 3.22. The van der Waals surface area contributed by atoms with Gasteiger partial charge in [0.2, 0.25) is 0 Å². The first-order valence-electron chi connectivity index (χ1n) is 4.73. The summed E-state index contributed by atoms with van der Waals surface area (Å²) >= 11 is 11.5. The predicted molar refractivity (Wildman–Crippen MR) is 82.1 cm³/mol. The fourth-order valence-electron chi connectivity index (χ4n) is 1.32. The lowest BCUT2D eigenvalue weighted by Crippen LogP contribution is -2.27. The molecule has 1 saturated heterocycles. The third-order valence-corrected chi connectivity index (χ3v) is 5.00. The molecule has 2 nitrogen and oxygen atoms in total. The minimum Gasteiger partial charge on any atom is -0.289 e. The van der Waals surface area contributed by atoms with Gasteiger partial charge in [0, 0.05) is 11.4 Å². The molecule has 6 heteroatoms. The summed E-state index contributed by atoms with van der Waals surface area (Å²) in [5.74, 6) is -0.0376. The van der Waals surface area contributed by atoms with Gasteiger partial charge in [0.25, 0.3) is 5.91 Å². The second kappa shape index (κ2) is 5.48. The monoisotopic (exact) mass is 345 g/mol. The molecule has 88 valence electrons. The zero-order chi connectivity index (χ0) is 12.4. The molecule has 2 heterocycles. The van der Waals surface area contributed by atoms with Crippen LogP contribution in [0.1, 0.15) is 4.88 Å². The molecule has 0 unspecified atom stereocenters. The number of carbonyl (C=O) groups is 1. The van der Waals surface area contributed by atoms with Crippen molar-refractivity contribution >= 4 is 67.6 Å². The highest BCUT2D eigenvalue weighted by Crippen LogP contribution is 2.34. The smallest absolute Gasteiger partial charge is 0.266 e. The highest BCUT2D eigenvalue weighted by Gasteiger charge is 2.30. The van der Waals surface area contributed by atoms with Gasteiger partial charge in [0.15, 0.2) is 0 Å². The Morgan fingerprint density at radius 3 is 2.88 bits per heavy atom. The lowest BCUT2D eigenvalue weighted by Gasteiger charge is -2.10. The molecule has 0 saturated carbocycles. The lowest BCUT2D eigenvalue weighted by molar-refractivity contribution is -0.121. The van der Waals surface area contributed by atoms with Gasteiger partial charge in [-0.3, -0.25) is 9.69 Å². The summed E-state index contributed by atoms with van der Waals surface area (Å²) in [5.41, 5.74) is 0. The first-order valence-corrected chi connectivity index (χ1v) is 7.57. The summed E-state index contributed by atoms with van der Waals surface area (Å²) in [4.78, 5) is 15.3. The Hall–Kier alpha value is -0.430. The summed E-state index contributed by atoms with van der Waals surface area (Å²) in [6.07, 6.45) is 3.55. The number of thioether (sulfide) groups is 1. The molecule has 1 aromatic rings. The maximum Gasteiger partial charge on any atom is 0.266 e. The van der Waals surface area contributed by atoms with Gasteiger partial charge in [-0.05, 0) is 34.1 Å². The van der Waals surface area contributed by atoms with Gasteiger partial charge in [-0.2, -0.15) is 0 Å². The van der Waals surface area contributed by atoms with E-state index in [4.69, 9.17) is 12.2 Å². The molecular weight excluding hydrogens is 338 g/mol. The summed E-state index contributed by atoms with van der Waals surface area (Å²) < 4.78 is 1.64. The van der Waals surface area contributed by atoms with Crippen LogP contribution in [0.2, 0.25) is 0 Å². The zero-order valence-electron chi connectivity index (χ0n) is 8.68. The van der Waals surface area contributed by atoms with Crippen LogP contribution >= 0.6 is 51.2 Å². The van der Waals surface area contributed by atoms with Gasteiger partial charge >= 0.3 is 0 Å². The molecule has 0 aromatic carbocycles. The third kappa shape index (κ3) is 2.88. The van der Waals surface area contributed by atoms with E-state index in [-0.39, 0.29) is 5.91 Å². The number of thiophene rings is 1. The van der Waals surface area contributed by atoms with Crippen LogP contribution in [-0.2, 0) is 4.79 Å². The van der Waals surface area contributed by atoms with E-state index in [0.29, 0.717) is 15.8 Å². The fraction of sp³-hybridized carbons (Fsp3) is 0.0909. The molecule has 0 aliphatic carbocycles. The van der Waals surface area contributed by atoms with E-state index in [2.05, 4.69) is 22.5 Å². The molecule has 0 N–H and O–H groups in total. The minimum absolute atomic E-state index is 0.0376. The molecule has 2 rings (SSSR count). The van der Waals surface area contributed by atoms with Crippen LogP contribution in [0.25, 0.3) is 6.08 Å². The zero-order valence-corrected chi connectivity index (χ0v) is 12.7. The number of hydrogen-bond acceptors (Lipinski definition) is 4. The quantitative estimate of drug-likeness (QED) is 0.470. The van der Waals surface area contributed by atoms with Crippen molar-refractivity contribution in [1.29, 1.82) is 0 Å². The van der Waals surface area contributed by atoms with E-state index in [0.717, 1.165) is 8.66 Å². The van der Waals surface area contributed by atoms with Crippen molar-refractivity contribution in [3.05, 3.63) is 38.4 Å². The number of nitrogens with zero attached hydrogens (tertiary/aromatic N) is 1. The number of halogens is 1. The maximum absolute atomic E-state index is 12.0. The van der Waals surface area contributed by atoms with Crippen LogP contribution in [0.5, 0.6) is 0 Å². The first-order chi connectivity index (χ1) is 8.11. The van der Waals surface area contributed by atoms with E-state index < -0.39 is 0 Å². The number of hydrogen-bond donors (Lipinski definition) is 0. The molecule has 17 heavy (non-hydrogen) atoms. The van der Waals surface area contributed by atoms with Crippen LogP contribution in [-0.4, -0.2) is 21.7 Å². The molecule has 1 aliphatic rings. The van der Waals surface area contributed by atoms with E-state index >= 15 is 0 Å². The van der Waals surface area contributed by atoms with Gasteiger partial charge in [0.05, 0.1) is 8.69 Å². The van der Waals surface area contributed by atoms with Gasteiger partial charge in [-0.1, -0.05) is 30.1 Å². The Bertz CT molecular complexity index is 521. The molecular formula is C11H8BrNOS3. The minimum atomic E-state index is -0.0376. The average molecular weight is 346 g/mol. The number of rotatable bonds is 3. The molecule has 0 radical (unpaired) electrons. The van der Waals surface area contributed by atoms with E-state index in [1.54, 1.807) is 22.3 Å². The van der Waals surface area contributed by atoms with Crippen LogP contribution < -0.4 is 0 Å². The fourth-order valence-corrected chi connectivity index (χ4v) is 4.03. The van der Waals surface area contributed by atoms with Gasteiger partial charge in [0.1, 0.15) is 4.32 Å². The van der Waals surface area contributed by atoms with E-state index in [1.165, 1.54) is 11.8 Å². The van der Waals surface area contributed by atoms with Crippen LogP contribution in [0.15, 0.2) is 33.5 Å². The van der Waals surface area contributed by atoms with Crippen LogP contribution in [0.4, 0.5) is 0 Å². The Labute approximate surface area is 122 Å². The van der Waals surface area contributed by atoms with Crippen molar-refractivity contribution in [1.82, 2.24) is 4.90 Å². The van der Waals surface area contributed by atoms with Gasteiger partial charge in [-0.15, -0.1) is 17.9 Å². The highest BCUT2D eigenvalue weighted by atomic mass is 79.9. The van der Waals surface area contributed by atoms with E-state index in [9.17, 15) is 4.79 Å². The topological polar surface area (TPSA) is 20.3 Å². The van der Waals surface area contributed by atoms with Gasteiger partial charge < -0.3 is 0 Å². The predicted octanol–water partition coefficient (Wildman–Crippen LogP) is 3.90. The van der Waals surface area contributed by atoms with Crippen LogP contribution in [0, 0.1) is 0 Å². The van der Waals surface area contributed by atoms with Crippen molar-refractivity contribution in [3.63, 3.8) is 0 Å². The summed E-state index contributed by atoms with van der Waals surface area (Å²) in [6.45, 7) is 4.09. The second-order valence-corrected chi connectivity index (χ2v) is 7.39. The Morgan fingerprint density at radius 1 is 1.53 bits per heavy atom. The highest BCUT2D eigenvalue weighted by molar-refractivity contribution is 9.11. The lowest BCUT2D eigenvalue weighted by atomic mass is 10.3. The molecule has 1 aliphatic heterocycles. The van der Waals surface area contributed by atoms with Crippen molar-refractivity contribution in [2.45, 2.75) is 0 Å². The molecule has 1 amide bonds. The Kier molecular flexibility index (Phi) is 4.19. The molecule has 1 fully saturated rings. The molecule has 0 spiro atoms. The molecule has 0 bridgehead atoms. The van der Waals surface area contributed by atoms with Crippen molar-refractivity contribution in [3.8, 4) is 0 Å². The standard InChI is InChI=1S/C11H8BrNOS3/c1-2-5-13-10(14)8(17-11(13)15)6-7-3-4-9(12)16-7/h2-4,6H,1,5H2. The number of thiocarbonyl (C=S) groups is 1. The number of amides is 1. The van der Waals surface area contributed by atoms with Crippen molar-refractivity contribution < 1.29 is 4.79 Å². The normalized spacial score (nSPS) is 18.2. The van der Waals surface area contributed by atoms with Crippen molar-refractivity contribution in [2.24, 2.45) is 0 Å². The Morgan fingerprint density at radius 2 is 2.29 bits per heavy atom. The molecule has 1 aromatic heterocycles. The summed E-state index contributed by atoms with van der Waals surface area (Å²) in [7, 11) is 0. The molecule has 0 atom stereocenters. The van der Waals surface area contributed by atoms with Crippen LogP contribution in [0.3, 0.4) is 0 Å². The average Bonchev–Trinajstić information content (AvgIpc) is 2.79. The summed E-state index contributed by atoms with van der Waals surface area (Å²) in [5, 5.41) is 0. The third-order valence-electron chi connectivity index (χ3n) is 2.05. The van der Waals surface area contributed by atoms with Gasteiger partial charge in [-0.25, -0.2) is 0 Å². The number of carbonyl (C=O) groups excluding carboxylic acids is 1. The summed E-state index contributed by atoms with van der Waals surface area (Å²) in [6, 6.07) is 3.93. The van der Waals surface area contributed by atoms with Crippen molar-refractivity contribution in [2.75, 3.05) is 6.54 Å². The SMILES string of the molecule is C=CCN1C(=O)C(=Cc2ccc(Br)s2)SC1=S. The van der Waals surface area contributed by atoms with E-state index in [1.807, 2.05) is 18.2 Å². The largest absolute Gasteiger partial charge is 0.289 e. The first kappa shape index (κ1) is 13.0.